The van der Waals surface area contributed by atoms with Gasteiger partial charge in [-0.15, -0.1) is 0 Å². The lowest BCUT2D eigenvalue weighted by Crippen LogP contribution is -2.48. The van der Waals surface area contributed by atoms with Crippen LogP contribution in [0.2, 0.25) is 0 Å². The van der Waals surface area contributed by atoms with Crippen molar-refractivity contribution in [2.24, 2.45) is 0 Å². The topological polar surface area (TPSA) is 41.1 Å². The SMILES string of the molecule is COc1cccc(-c2c(-c3ccccc3OC)nc(N3CCN(CCN(C)C)CC3)c3ccccc23)c1. The molecule has 0 aliphatic carbocycles. The van der Waals surface area contributed by atoms with E-state index in [0.29, 0.717) is 0 Å². The van der Waals surface area contributed by atoms with E-state index < -0.39 is 0 Å². The zero-order valence-corrected chi connectivity index (χ0v) is 22.3. The second-order valence-corrected chi connectivity index (χ2v) is 9.77. The van der Waals surface area contributed by atoms with Crippen LogP contribution in [-0.2, 0) is 0 Å². The smallest absolute Gasteiger partial charge is 0.137 e. The fraction of sp³-hybridized carbons (Fsp3) is 0.323. The number of hydrogen-bond acceptors (Lipinski definition) is 6. The van der Waals surface area contributed by atoms with Crippen molar-refractivity contribution in [1.29, 1.82) is 0 Å². The first-order valence-corrected chi connectivity index (χ1v) is 12.9. The Morgan fingerprint density at radius 1 is 0.811 bits per heavy atom. The Bertz CT molecular complexity index is 1360. The monoisotopic (exact) mass is 496 g/mol. The summed E-state index contributed by atoms with van der Waals surface area (Å²) in [5.74, 6) is 2.68. The van der Waals surface area contributed by atoms with Gasteiger partial charge in [0.15, 0.2) is 0 Å². The minimum Gasteiger partial charge on any atom is -0.497 e. The molecular formula is C31H36N4O2. The van der Waals surface area contributed by atoms with Crippen molar-refractivity contribution in [3.63, 3.8) is 0 Å². The minimum absolute atomic E-state index is 0.814. The maximum absolute atomic E-state index is 5.80. The van der Waals surface area contributed by atoms with Gasteiger partial charge in [0.25, 0.3) is 0 Å². The van der Waals surface area contributed by atoms with Gasteiger partial charge in [0.1, 0.15) is 17.3 Å². The first kappa shape index (κ1) is 25.1. The summed E-state index contributed by atoms with van der Waals surface area (Å²) in [6.07, 6.45) is 0. The summed E-state index contributed by atoms with van der Waals surface area (Å²) in [6.45, 7) is 6.14. The zero-order chi connectivity index (χ0) is 25.8. The molecule has 0 N–H and O–H groups in total. The van der Waals surface area contributed by atoms with E-state index >= 15 is 0 Å². The maximum Gasteiger partial charge on any atom is 0.137 e. The molecule has 1 aliphatic heterocycles. The van der Waals surface area contributed by atoms with E-state index in [-0.39, 0.29) is 0 Å². The summed E-state index contributed by atoms with van der Waals surface area (Å²) in [4.78, 5) is 12.7. The van der Waals surface area contributed by atoms with Crippen molar-refractivity contribution in [3.8, 4) is 33.9 Å². The van der Waals surface area contributed by atoms with Gasteiger partial charge in [-0.2, -0.15) is 0 Å². The average molecular weight is 497 g/mol. The van der Waals surface area contributed by atoms with E-state index in [1.807, 2.05) is 30.3 Å². The lowest BCUT2D eigenvalue weighted by atomic mass is 9.93. The van der Waals surface area contributed by atoms with Crippen LogP contribution in [-0.4, -0.2) is 82.4 Å². The lowest BCUT2D eigenvalue weighted by Gasteiger charge is -2.36. The molecule has 0 unspecified atom stereocenters. The standard InChI is InChI=1S/C31H36N4O2/c1-33(2)16-17-34-18-20-35(21-19-34)31-26-13-6-5-12-25(26)29(23-10-9-11-24(22-23)36-3)30(32-31)27-14-7-8-15-28(27)37-4/h5-15,22H,16-21H2,1-4H3. The molecule has 3 aromatic carbocycles. The molecule has 1 fully saturated rings. The Morgan fingerprint density at radius 3 is 2.27 bits per heavy atom. The van der Waals surface area contributed by atoms with Gasteiger partial charge < -0.3 is 19.3 Å². The number of anilines is 1. The Morgan fingerprint density at radius 2 is 1.54 bits per heavy atom. The van der Waals surface area contributed by atoms with Gasteiger partial charge in [-0.05, 0) is 49.3 Å². The fourth-order valence-electron chi connectivity index (χ4n) is 5.12. The third kappa shape index (κ3) is 5.26. The van der Waals surface area contributed by atoms with Crippen molar-refractivity contribution < 1.29 is 9.47 Å². The summed E-state index contributed by atoms with van der Waals surface area (Å²) < 4.78 is 11.4. The molecule has 6 nitrogen and oxygen atoms in total. The average Bonchev–Trinajstić information content (AvgIpc) is 2.95. The molecule has 2 heterocycles. The number of para-hydroxylation sites is 1. The van der Waals surface area contributed by atoms with Crippen molar-refractivity contribution in [2.75, 3.05) is 72.5 Å². The molecule has 0 amide bonds. The van der Waals surface area contributed by atoms with Crippen LogP contribution in [0.3, 0.4) is 0 Å². The first-order valence-electron chi connectivity index (χ1n) is 12.9. The van der Waals surface area contributed by atoms with E-state index in [1.165, 1.54) is 10.8 Å². The van der Waals surface area contributed by atoms with Crippen molar-refractivity contribution in [1.82, 2.24) is 14.8 Å². The predicted molar refractivity (Wildman–Crippen MR) is 153 cm³/mol. The molecular weight excluding hydrogens is 460 g/mol. The number of benzene rings is 3. The second-order valence-electron chi connectivity index (χ2n) is 9.77. The number of ether oxygens (including phenoxy) is 2. The third-order valence-electron chi connectivity index (χ3n) is 7.15. The number of likely N-dealkylation sites (N-methyl/N-ethyl adjacent to an activating group) is 1. The van der Waals surface area contributed by atoms with E-state index in [2.05, 4.69) is 71.3 Å². The zero-order valence-electron chi connectivity index (χ0n) is 22.3. The summed E-state index contributed by atoms with van der Waals surface area (Å²) in [6, 6.07) is 25.0. The van der Waals surface area contributed by atoms with Crippen LogP contribution in [0, 0.1) is 0 Å². The highest BCUT2D eigenvalue weighted by atomic mass is 16.5. The molecule has 37 heavy (non-hydrogen) atoms. The van der Waals surface area contributed by atoms with Crippen LogP contribution in [0.4, 0.5) is 5.82 Å². The summed E-state index contributed by atoms with van der Waals surface area (Å²) in [5.41, 5.74) is 4.07. The Balaban J connectivity index is 1.66. The van der Waals surface area contributed by atoms with Crippen LogP contribution in [0.1, 0.15) is 0 Å². The molecule has 1 aliphatic rings. The van der Waals surface area contributed by atoms with E-state index in [9.17, 15) is 0 Å². The quantitative estimate of drug-likeness (QED) is 0.331. The fourth-order valence-corrected chi connectivity index (χ4v) is 5.12. The number of hydrogen-bond donors (Lipinski definition) is 0. The van der Waals surface area contributed by atoms with Gasteiger partial charge in [0, 0.05) is 55.8 Å². The van der Waals surface area contributed by atoms with E-state index in [4.69, 9.17) is 14.5 Å². The highest BCUT2D eigenvalue weighted by Gasteiger charge is 2.24. The number of methoxy groups -OCH3 is 2. The van der Waals surface area contributed by atoms with Gasteiger partial charge in [-0.3, -0.25) is 4.90 Å². The van der Waals surface area contributed by atoms with Crippen LogP contribution in [0.5, 0.6) is 11.5 Å². The molecule has 0 bridgehead atoms. The van der Waals surface area contributed by atoms with Crippen molar-refractivity contribution in [3.05, 3.63) is 72.8 Å². The highest BCUT2D eigenvalue weighted by molar-refractivity contribution is 6.08. The predicted octanol–water partition coefficient (Wildman–Crippen LogP) is 5.27. The molecule has 6 heteroatoms. The van der Waals surface area contributed by atoms with Gasteiger partial charge in [0.05, 0.1) is 19.9 Å². The first-order chi connectivity index (χ1) is 18.1. The Labute approximate surface area is 220 Å². The molecule has 4 aromatic rings. The van der Waals surface area contributed by atoms with Crippen LogP contribution < -0.4 is 14.4 Å². The second kappa shape index (κ2) is 11.2. The molecule has 5 rings (SSSR count). The largest absolute Gasteiger partial charge is 0.497 e. The Kier molecular flexibility index (Phi) is 7.58. The molecule has 1 aromatic heterocycles. The molecule has 0 saturated carbocycles. The number of rotatable bonds is 8. The molecule has 0 atom stereocenters. The molecule has 1 saturated heterocycles. The van der Waals surface area contributed by atoms with Gasteiger partial charge >= 0.3 is 0 Å². The summed E-state index contributed by atoms with van der Waals surface area (Å²) in [7, 11) is 7.70. The number of aromatic nitrogens is 1. The van der Waals surface area contributed by atoms with Gasteiger partial charge in [-0.1, -0.05) is 48.5 Å². The van der Waals surface area contributed by atoms with Crippen LogP contribution >= 0.6 is 0 Å². The molecule has 0 spiro atoms. The van der Waals surface area contributed by atoms with Crippen molar-refractivity contribution in [2.45, 2.75) is 0 Å². The summed E-state index contributed by atoms with van der Waals surface area (Å²) >= 11 is 0. The number of piperazine rings is 1. The van der Waals surface area contributed by atoms with Gasteiger partial charge in [0.2, 0.25) is 0 Å². The maximum atomic E-state index is 5.80. The lowest BCUT2D eigenvalue weighted by molar-refractivity contribution is 0.229. The highest BCUT2D eigenvalue weighted by Crippen LogP contribution is 2.43. The van der Waals surface area contributed by atoms with E-state index in [1.54, 1.807) is 14.2 Å². The van der Waals surface area contributed by atoms with Crippen molar-refractivity contribution >= 4 is 16.6 Å². The minimum atomic E-state index is 0.814. The van der Waals surface area contributed by atoms with E-state index in [0.717, 1.165) is 79.0 Å². The van der Waals surface area contributed by atoms with Crippen LogP contribution in [0.25, 0.3) is 33.2 Å². The third-order valence-corrected chi connectivity index (χ3v) is 7.15. The van der Waals surface area contributed by atoms with Gasteiger partial charge in [-0.25, -0.2) is 4.98 Å². The Hall–Kier alpha value is -3.61. The molecule has 0 radical (unpaired) electrons. The van der Waals surface area contributed by atoms with Crippen LogP contribution in [0.15, 0.2) is 72.8 Å². The number of nitrogens with zero attached hydrogens (tertiary/aromatic N) is 4. The number of fused-ring (bicyclic) bond motifs is 1. The number of pyridine rings is 1. The normalized spacial score (nSPS) is 14.4. The summed E-state index contributed by atoms with van der Waals surface area (Å²) in [5, 5.41) is 2.34. The molecule has 192 valence electrons.